The van der Waals surface area contributed by atoms with Crippen LogP contribution < -0.4 is 4.90 Å². The summed E-state index contributed by atoms with van der Waals surface area (Å²) in [6.07, 6.45) is 0. The Labute approximate surface area is 114 Å². The molecule has 98 valence electrons. The maximum atomic E-state index is 10.6. The Morgan fingerprint density at radius 1 is 1.50 bits per heavy atom. The van der Waals surface area contributed by atoms with E-state index in [9.17, 15) is 15.2 Å². The summed E-state index contributed by atoms with van der Waals surface area (Å²) in [5, 5.41) is 20.8. The van der Waals surface area contributed by atoms with Gasteiger partial charge in [0.2, 0.25) is 0 Å². The zero-order chi connectivity index (χ0) is 13.5. The van der Waals surface area contributed by atoms with E-state index in [2.05, 4.69) is 15.9 Å². The summed E-state index contributed by atoms with van der Waals surface area (Å²) in [5.41, 5.74) is 0.289. The second-order valence-electron chi connectivity index (χ2n) is 5.01. The standard InChI is InChI=1S/C12H15BrN2O3/c1-8(2)12(16)6-14(7-12)11-4-3-9(15(17)18)5-10(11)13/h3-5,8,16H,6-7H2,1-2H3. The van der Waals surface area contributed by atoms with Crippen molar-refractivity contribution in [2.24, 2.45) is 5.92 Å². The number of nitrogens with zero attached hydrogens (tertiary/aromatic N) is 2. The number of aliphatic hydroxyl groups is 1. The van der Waals surface area contributed by atoms with Crippen molar-refractivity contribution in [1.82, 2.24) is 0 Å². The van der Waals surface area contributed by atoms with Crippen molar-refractivity contribution in [3.63, 3.8) is 0 Å². The molecule has 1 saturated heterocycles. The van der Waals surface area contributed by atoms with Crippen LogP contribution in [-0.2, 0) is 0 Å². The lowest BCUT2D eigenvalue weighted by Gasteiger charge is -2.50. The molecule has 0 aromatic heterocycles. The third-order valence-electron chi connectivity index (χ3n) is 3.49. The highest BCUT2D eigenvalue weighted by atomic mass is 79.9. The highest BCUT2D eigenvalue weighted by Gasteiger charge is 2.44. The zero-order valence-corrected chi connectivity index (χ0v) is 11.8. The van der Waals surface area contributed by atoms with Gasteiger partial charge in [-0.15, -0.1) is 0 Å². The molecule has 2 rings (SSSR count). The van der Waals surface area contributed by atoms with Gasteiger partial charge >= 0.3 is 0 Å². The topological polar surface area (TPSA) is 66.6 Å². The van der Waals surface area contributed by atoms with Crippen LogP contribution in [0.5, 0.6) is 0 Å². The Hall–Kier alpha value is -1.14. The maximum absolute atomic E-state index is 10.6. The zero-order valence-electron chi connectivity index (χ0n) is 10.3. The molecule has 6 heteroatoms. The fraction of sp³-hybridized carbons (Fsp3) is 0.500. The fourth-order valence-corrected chi connectivity index (χ4v) is 2.63. The molecule has 5 nitrogen and oxygen atoms in total. The predicted molar refractivity (Wildman–Crippen MR) is 72.8 cm³/mol. The average Bonchev–Trinajstić information content (AvgIpc) is 2.24. The first-order valence-corrected chi connectivity index (χ1v) is 6.54. The fourth-order valence-electron chi connectivity index (χ4n) is 2.02. The largest absolute Gasteiger partial charge is 0.386 e. The van der Waals surface area contributed by atoms with Crippen molar-refractivity contribution in [1.29, 1.82) is 0 Å². The van der Waals surface area contributed by atoms with E-state index in [1.807, 2.05) is 18.7 Å². The third-order valence-corrected chi connectivity index (χ3v) is 4.12. The molecule has 0 amide bonds. The van der Waals surface area contributed by atoms with Crippen LogP contribution in [0.15, 0.2) is 22.7 Å². The molecule has 1 aromatic carbocycles. The van der Waals surface area contributed by atoms with Gasteiger partial charge in [-0.3, -0.25) is 10.1 Å². The number of β-amino-alcohol motifs (C(OH)–C–C–N with tert-alkyl or cyclic N) is 1. The normalized spacial score (nSPS) is 17.7. The van der Waals surface area contributed by atoms with E-state index < -0.39 is 10.5 Å². The van der Waals surface area contributed by atoms with E-state index in [0.717, 1.165) is 5.69 Å². The molecular formula is C12H15BrN2O3. The Morgan fingerprint density at radius 3 is 2.56 bits per heavy atom. The number of hydrogen-bond acceptors (Lipinski definition) is 4. The van der Waals surface area contributed by atoms with Crippen LogP contribution in [0.4, 0.5) is 11.4 Å². The SMILES string of the molecule is CC(C)C1(O)CN(c2ccc([N+](=O)[O-])cc2Br)C1. The van der Waals surface area contributed by atoms with Gasteiger partial charge in [0.15, 0.2) is 0 Å². The van der Waals surface area contributed by atoms with Crippen molar-refractivity contribution in [3.8, 4) is 0 Å². The van der Waals surface area contributed by atoms with Gasteiger partial charge in [0.05, 0.1) is 10.6 Å². The number of anilines is 1. The summed E-state index contributed by atoms with van der Waals surface area (Å²) in [6.45, 7) is 5.09. The number of nitro benzene ring substituents is 1. The molecule has 0 atom stereocenters. The van der Waals surface area contributed by atoms with Gasteiger partial charge in [-0.25, -0.2) is 0 Å². The third kappa shape index (κ3) is 2.22. The van der Waals surface area contributed by atoms with Crippen LogP contribution in [0.25, 0.3) is 0 Å². The maximum Gasteiger partial charge on any atom is 0.270 e. The van der Waals surface area contributed by atoms with Crippen LogP contribution in [-0.4, -0.2) is 28.7 Å². The lowest BCUT2D eigenvalue weighted by atomic mass is 9.82. The van der Waals surface area contributed by atoms with Crippen molar-refractivity contribution in [2.75, 3.05) is 18.0 Å². The van der Waals surface area contributed by atoms with Gasteiger partial charge in [0.25, 0.3) is 5.69 Å². The van der Waals surface area contributed by atoms with Gasteiger partial charge in [-0.2, -0.15) is 0 Å². The van der Waals surface area contributed by atoms with Crippen LogP contribution in [0.2, 0.25) is 0 Å². The van der Waals surface area contributed by atoms with E-state index in [1.54, 1.807) is 6.07 Å². The molecule has 0 radical (unpaired) electrons. The smallest absolute Gasteiger partial charge is 0.270 e. The molecule has 0 spiro atoms. The minimum absolute atomic E-state index is 0.0604. The summed E-state index contributed by atoms with van der Waals surface area (Å²) in [6, 6.07) is 4.68. The number of rotatable bonds is 3. The quantitative estimate of drug-likeness (QED) is 0.688. The average molecular weight is 315 g/mol. The lowest BCUT2D eigenvalue weighted by Crippen LogP contribution is -2.64. The van der Waals surface area contributed by atoms with Crippen LogP contribution in [0.1, 0.15) is 13.8 Å². The predicted octanol–water partition coefficient (Wildman–Crippen LogP) is 2.56. The highest BCUT2D eigenvalue weighted by Crippen LogP contribution is 2.37. The molecule has 1 aliphatic rings. The van der Waals surface area contributed by atoms with E-state index in [-0.39, 0.29) is 11.6 Å². The summed E-state index contributed by atoms with van der Waals surface area (Å²) < 4.78 is 0.683. The Balaban J connectivity index is 2.15. The molecule has 1 aliphatic heterocycles. The van der Waals surface area contributed by atoms with Gasteiger partial charge in [-0.05, 0) is 27.9 Å². The second-order valence-corrected chi connectivity index (χ2v) is 5.86. The van der Waals surface area contributed by atoms with Gasteiger partial charge in [0, 0.05) is 29.7 Å². The minimum Gasteiger partial charge on any atom is -0.386 e. The first-order valence-electron chi connectivity index (χ1n) is 5.75. The van der Waals surface area contributed by atoms with E-state index in [4.69, 9.17) is 0 Å². The Bertz CT molecular complexity index is 484. The summed E-state index contributed by atoms with van der Waals surface area (Å²) in [5.74, 6) is 0.200. The van der Waals surface area contributed by atoms with Crippen LogP contribution in [0, 0.1) is 16.0 Å². The summed E-state index contributed by atoms with van der Waals surface area (Å²) in [7, 11) is 0. The number of hydrogen-bond donors (Lipinski definition) is 1. The molecule has 0 aliphatic carbocycles. The van der Waals surface area contributed by atoms with Crippen molar-refractivity contribution >= 4 is 27.3 Å². The highest BCUT2D eigenvalue weighted by molar-refractivity contribution is 9.10. The first kappa shape index (κ1) is 13.3. The molecular weight excluding hydrogens is 300 g/mol. The number of halogens is 1. The van der Waals surface area contributed by atoms with Gasteiger partial charge in [-0.1, -0.05) is 13.8 Å². The second kappa shape index (κ2) is 4.51. The molecule has 18 heavy (non-hydrogen) atoms. The van der Waals surface area contributed by atoms with Crippen LogP contribution in [0.3, 0.4) is 0 Å². The van der Waals surface area contributed by atoms with E-state index in [1.165, 1.54) is 12.1 Å². The molecule has 1 fully saturated rings. The molecule has 0 unspecified atom stereocenters. The molecule has 1 heterocycles. The molecule has 0 bridgehead atoms. The van der Waals surface area contributed by atoms with Crippen molar-refractivity contribution in [3.05, 3.63) is 32.8 Å². The summed E-state index contributed by atoms with van der Waals surface area (Å²) >= 11 is 3.34. The number of non-ortho nitro benzene ring substituents is 1. The van der Waals surface area contributed by atoms with E-state index >= 15 is 0 Å². The lowest BCUT2D eigenvalue weighted by molar-refractivity contribution is -0.384. The Kier molecular flexibility index (Phi) is 3.33. The van der Waals surface area contributed by atoms with Crippen molar-refractivity contribution < 1.29 is 10.0 Å². The summed E-state index contributed by atoms with van der Waals surface area (Å²) in [4.78, 5) is 12.2. The molecule has 1 N–H and O–H groups in total. The molecule has 1 aromatic rings. The first-order chi connectivity index (χ1) is 8.33. The number of nitro groups is 1. The monoisotopic (exact) mass is 314 g/mol. The number of benzene rings is 1. The van der Waals surface area contributed by atoms with E-state index in [0.29, 0.717) is 17.6 Å². The Morgan fingerprint density at radius 2 is 2.11 bits per heavy atom. The van der Waals surface area contributed by atoms with Crippen molar-refractivity contribution in [2.45, 2.75) is 19.4 Å². The minimum atomic E-state index is -0.652. The van der Waals surface area contributed by atoms with Gasteiger partial charge in [0.1, 0.15) is 5.60 Å². The van der Waals surface area contributed by atoms with Gasteiger partial charge < -0.3 is 10.0 Å². The molecule has 0 saturated carbocycles. The van der Waals surface area contributed by atoms with Crippen LogP contribution >= 0.6 is 15.9 Å².